The molecule has 3 aromatic rings. The molecule has 26 heavy (non-hydrogen) atoms. The van der Waals surface area contributed by atoms with Gasteiger partial charge in [-0.25, -0.2) is 4.39 Å². The SMILES string of the molecule is Cc1c(C(=O)NCCSCc2ccccc2C#N)oc2ccc(F)cc12. The number of thioether (sulfide) groups is 1. The van der Waals surface area contributed by atoms with Crippen molar-refractivity contribution in [3.63, 3.8) is 0 Å². The zero-order chi connectivity index (χ0) is 18.5. The van der Waals surface area contributed by atoms with Crippen molar-refractivity contribution in [2.24, 2.45) is 0 Å². The maximum Gasteiger partial charge on any atom is 0.287 e. The lowest BCUT2D eigenvalue weighted by molar-refractivity contribution is 0.0930. The van der Waals surface area contributed by atoms with E-state index in [0.29, 0.717) is 40.1 Å². The Morgan fingerprint density at radius 1 is 1.31 bits per heavy atom. The van der Waals surface area contributed by atoms with Crippen LogP contribution in [0.3, 0.4) is 0 Å². The van der Waals surface area contributed by atoms with Gasteiger partial charge in [0.1, 0.15) is 11.4 Å². The van der Waals surface area contributed by atoms with Gasteiger partial charge in [0.25, 0.3) is 5.91 Å². The third-order valence-electron chi connectivity index (χ3n) is 4.03. The molecule has 1 amide bonds. The van der Waals surface area contributed by atoms with E-state index in [4.69, 9.17) is 9.68 Å². The van der Waals surface area contributed by atoms with Gasteiger partial charge in [0, 0.05) is 29.0 Å². The third-order valence-corrected chi connectivity index (χ3v) is 5.04. The molecular formula is C20H17FN2O2S. The molecule has 0 unspecified atom stereocenters. The normalized spacial score (nSPS) is 10.7. The van der Waals surface area contributed by atoms with Crippen LogP contribution in [0.2, 0.25) is 0 Å². The quantitative estimate of drug-likeness (QED) is 0.654. The molecule has 1 heterocycles. The van der Waals surface area contributed by atoms with Crippen molar-refractivity contribution in [1.82, 2.24) is 5.32 Å². The summed E-state index contributed by atoms with van der Waals surface area (Å²) in [6.07, 6.45) is 0. The standard InChI is InChI=1S/C20H17FN2O2S/c1-13-17-10-16(21)6-7-18(17)25-19(13)20(24)23-8-9-26-12-15-5-3-2-4-14(15)11-22/h2-7,10H,8-9,12H2,1H3,(H,23,24). The summed E-state index contributed by atoms with van der Waals surface area (Å²) in [5.41, 5.74) is 2.79. The van der Waals surface area contributed by atoms with Gasteiger partial charge in [-0.2, -0.15) is 17.0 Å². The van der Waals surface area contributed by atoms with Crippen LogP contribution in [-0.2, 0) is 5.75 Å². The molecule has 0 saturated heterocycles. The number of fused-ring (bicyclic) bond motifs is 1. The first-order valence-electron chi connectivity index (χ1n) is 8.12. The molecule has 1 aromatic heterocycles. The Morgan fingerprint density at radius 2 is 2.12 bits per heavy atom. The summed E-state index contributed by atoms with van der Waals surface area (Å²) < 4.78 is 18.9. The van der Waals surface area contributed by atoms with Crippen LogP contribution in [0.1, 0.15) is 27.2 Å². The van der Waals surface area contributed by atoms with Crippen LogP contribution in [0.5, 0.6) is 0 Å². The number of benzene rings is 2. The van der Waals surface area contributed by atoms with Crippen molar-refractivity contribution in [2.75, 3.05) is 12.3 Å². The first kappa shape index (κ1) is 18.0. The van der Waals surface area contributed by atoms with Gasteiger partial charge >= 0.3 is 0 Å². The fraction of sp³-hybridized carbons (Fsp3) is 0.200. The fourth-order valence-corrected chi connectivity index (χ4v) is 3.53. The summed E-state index contributed by atoms with van der Waals surface area (Å²) in [5, 5.41) is 12.5. The van der Waals surface area contributed by atoms with E-state index in [0.717, 1.165) is 5.56 Å². The molecule has 0 atom stereocenters. The van der Waals surface area contributed by atoms with Crippen LogP contribution in [0.4, 0.5) is 4.39 Å². The molecular weight excluding hydrogens is 351 g/mol. The fourth-order valence-electron chi connectivity index (χ4n) is 2.66. The number of carbonyl (C=O) groups is 1. The zero-order valence-electron chi connectivity index (χ0n) is 14.2. The van der Waals surface area contributed by atoms with Crippen molar-refractivity contribution in [2.45, 2.75) is 12.7 Å². The van der Waals surface area contributed by atoms with E-state index in [9.17, 15) is 9.18 Å². The molecule has 0 aliphatic heterocycles. The number of furan rings is 1. The number of nitrogens with one attached hydrogen (secondary N) is 1. The second-order valence-electron chi connectivity index (χ2n) is 5.77. The van der Waals surface area contributed by atoms with Crippen LogP contribution in [-0.4, -0.2) is 18.2 Å². The minimum absolute atomic E-state index is 0.213. The highest BCUT2D eigenvalue weighted by Crippen LogP contribution is 2.26. The van der Waals surface area contributed by atoms with Gasteiger partial charge in [-0.1, -0.05) is 18.2 Å². The van der Waals surface area contributed by atoms with Crippen molar-refractivity contribution < 1.29 is 13.6 Å². The number of hydrogen-bond donors (Lipinski definition) is 1. The summed E-state index contributed by atoms with van der Waals surface area (Å²) in [4.78, 5) is 12.3. The third kappa shape index (κ3) is 3.89. The summed E-state index contributed by atoms with van der Waals surface area (Å²) in [6, 6.07) is 13.9. The van der Waals surface area contributed by atoms with Gasteiger partial charge < -0.3 is 9.73 Å². The molecule has 0 bridgehead atoms. The number of rotatable bonds is 6. The molecule has 0 saturated carbocycles. The summed E-state index contributed by atoms with van der Waals surface area (Å²) >= 11 is 1.64. The summed E-state index contributed by atoms with van der Waals surface area (Å²) in [7, 11) is 0. The van der Waals surface area contributed by atoms with E-state index in [1.54, 1.807) is 24.8 Å². The highest BCUT2D eigenvalue weighted by molar-refractivity contribution is 7.98. The van der Waals surface area contributed by atoms with E-state index < -0.39 is 0 Å². The average molecular weight is 368 g/mol. The first-order valence-corrected chi connectivity index (χ1v) is 9.28. The Hall–Kier alpha value is -2.78. The van der Waals surface area contributed by atoms with E-state index in [1.165, 1.54) is 18.2 Å². The number of amides is 1. The lowest BCUT2D eigenvalue weighted by Gasteiger charge is -2.05. The highest BCUT2D eigenvalue weighted by atomic mass is 32.2. The molecule has 0 fully saturated rings. The smallest absolute Gasteiger partial charge is 0.287 e. The number of carbonyl (C=O) groups excluding carboxylic acids is 1. The van der Waals surface area contributed by atoms with Crippen LogP contribution in [0.15, 0.2) is 46.9 Å². The summed E-state index contributed by atoms with van der Waals surface area (Å²) in [6.45, 7) is 2.22. The maximum absolute atomic E-state index is 13.3. The molecule has 2 aromatic carbocycles. The van der Waals surface area contributed by atoms with Crippen LogP contribution in [0, 0.1) is 24.1 Å². The lowest BCUT2D eigenvalue weighted by Crippen LogP contribution is -2.25. The Morgan fingerprint density at radius 3 is 2.92 bits per heavy atom. The second-order valence-corrected chi connectivity index (χ2v) is 6.88. The highest BCUT2D eigenvalue weighted by Gasteiger charge is 2.17. The van der Waals surface area contributed by atoms with Gasteiger partial charge in [0.2, 0.25) is 0 Å². The van der Waals surface area contributed by atoms with Gasteiger partial charge in [-0.15, -0.1) is 0 Å². The predicted octanol–water partition coefficient (Wildman–Crippen LogP) is 4.42. The van der Waals surface area contributed by atoms with Crippen molar-refractivity contribution in [1.29, 1.82) is 5.26 Å². The average Bonchev–Trinajstić information content (AvgIpc) is 2.98. The number of aryl methyl sites for hydroxylation is 1. The Balaban J connectivity index is 1.53. The van der Waals surface area contributed by atoms with Crippen LogP contribution >= 0.6 is 11.8 Å². The van der Waals surface area contributed by atoms with Gasteiger partial charge in [0.05, 0.1) is 11.6 Å². The molecule has 0 aliphatic rings. The van der Waals surface area contributed by atoms with E-state index >= 15 is 0 Å². The Bertz CT molecular complexity index is 991. The van der Waals surface area contributed by atoms with Crippen molar-refractivity contribution >= 4 is 28.6 Å². The van der Waals surface area contributed by atoms with Gasteiger partial charge in [0.15, 0.2) is 5.76 Å². The number of nitriles is 1. The van der Waals surface area contributed by atoms with Crippen LogP contribution in [0.25, 0.3) is 11.0 Å². The van der Waals surface area contributed by atoms with Gasteiger partial charge in [-0.05, 0) is 36.8 Å². The second kappa shape index (κ2) is 8.07. The number of halogens is 1. The molecule has 6 heteroatoms. The van der Waals surface area contributed by atoms with Crippen LogP contribution < -0.4 is 5.32 Å². The minimum Gasteiger partial charge on any atom is -0.451 e. The Kier molecular flexibility index (Phi) is 5.59. The zero-order valence-corrected chi connectivity index (χ0v) is 15.0. The molecule has 132 valence electrons. The van der Waals surface area contributed by atoms with Gasteiger partial charge in [-0.3, -0.25) is 4.79 Å². The monoisotopic (exact) mass is 368 g/mol. The van der Waals surface area contributed by atoms with Crippen molar-refractivity contribution in [3.05, 3.63) is 70.7 Å². The number of nitrogens with zero attached hydrogens (tertiary/aromatic N) is 1. The lowest BCUT2D eigenvalue weighted by atomic mass is 10.1. The Labute approximate surface area is 155 Å². The van der Waals surface area contributed by atoms with Crippen molar-refractivity contribution in [3.8, 4) is 6.07 Å². The first-order chi connectivity index (χ1) is 12.6. The molecule has 3 rings (SSSR count). The number of hydrogen-bond acceptors (Lipinski definition) is 4. The summed E-state index contributed by atoms with van der Waals surface area (Å²) in [5.74, 6) is 0.965. The largest absolute Gasteiger partial charge is 0.451 e. The molecule has 1 N–H and O–H groups in total. The topological polar surface area (TPSA) is 66.0 Å². The molecule has 4 nitrogen and oxygen atoms in total. The van der Waals surface area contributed by atoms with E-state index in [-0.39, 0.29) is 17.5 Å². The molecule has 0 aliphatic carbocycles. The van der Waals surface area contributed by atoms with E-state index in [2.05, 4.69) is 11.4 Å². The minimum atomic E-state index is -0.359. The maximum atomic E-state index is 13.3. The molecule has 0 spiro atoms. The van der Waals surface area contributed by atoms with E-state index in [1.807, 2.05) is 18.2 Å². The predicted molar refractivity (Wildman–Crippen MR) is 101 cm³/mol. The molecule has 0 radical (unpaired) electrons.